The van der Waals surface area contributed by atoms with Crippen LogP contribution in [0.25, 0.3) is 0 Å². The maximum Gasteiger partial charge on any atom is 0.235 e. The summed E-state index contributed by atoms with van der Waals surface area (Å²) in [7, 11) is -3.63. The van der Waals surface area contributed by atoms with Crippen molar-refractivity contribution in [2.24, 2.45) is 5.92 Å². The van der Waals surface area contributed by atoms with Gasteiger partial charge in [0.05, 0.1) is 4.90 Å². The number of anilines is 1. The molecule has 0 aliphatic heterocycles. The third kappa shape index (κ3) is 4.85. The molecule has 1 amide bonds. The van der Waals surface area contributed by atoms with E-state index < -0.39 is 21.5 Å². The lowest BCUT2D eigenvalue weighted by atomic mass is 10.1. The van der Waals surface area contributed by atoms with E-state index in [4.69, 9.17) is 5.73 Å². The second-order valence-electron chi connectivity index (χ2n) is 5.32. The SMILES string of the molecule is Cc1cc(N)ccc1S(=O)(=O)CC(=O)NCCC(C)C. The Bertz CT molecular complexity index is 580. The van der Waals surface area contributed by atoms with E-state index in [0.29, 0.717) is 23.7 Å². The van der Waals surface area contributed by atoms with Gasteiger partial charge >= 0.3 is 0 Å². The Morgan fingerprint density at radius 2 is 2.00 bits per heavy atom. The van der Waals surface area contributed by atoms with Crippen molar-refractivity contribution in [1.29, 1.82) is 0 Å². The zero-order chi connectivity index (χ0) is 15.3. The number of hydrogen-bond acceptors (Lipinski definition) is 4. The number of sulfone groups is 1. The zero-order valence-corrected chi connectivity index (χ0v) is 13.0. The Kier molecular flexibility index (Phi) is 5.56. The Labute approximate surface area is 120 Å². The van der Waals surface area contributed by atoms with Crippen molar-refractivity contribution in [3.8, 4) is 0 Å². The summed E-state index contributed by atoms with van der Waals surface area (Å²) in [6.07, 6.45) is 0.826. The first-order chi connectivity index (χ1) is 9.22. The highest BCUT2D eigenvalue weighted by atomic mass is 32.2. The van der Waals surface area contributed by atoms with Gasteiger partial charge in [0.15, 0.2) is 9.84 Å². The van der Waals surface area contributed by atoms with Crippen molar-refractivity contribution in [1.82, 2.24) is 5.32 Å². The van der Waals surface area contributed by atoms with E-state index >= 15 is 0 Å². The van der Waals surface area contributed by atoms with Gasteiger partial charge in [-0.15, -0.1) is 0 Å². The molecule has 5 nitrogen and oxygen atoms in total. The van der Waals surface area contributed by atoms with Crippen molar-refractivity contribution in [3.63, 3.8) is 0 Å². The number of nitrogens with one attached hydrogen (secondary N) is 1. The van der Waals surface area contributed by atoms with E-state index in [1.165, 1.54) is 12.1 Å². The Morgan fingerprint density at radius 3 is 2.55 bits per heavy atom. The van der Waals surface area contributed by atoms with Gasteiger partial charge in [0.1, 0.15) is 5.75 Å². The first-order valence-corrected chi connectivity index (χ1v) is 8.23. The van der Waals surface area contributed by atoms with Gasteiger partial charge in [-0.2, -0.15) is 0 Å². The van der Waals surface area contributed by atoms with E-state index in [2.05, 4.69) is 5.32 Å². The first-order valence-electron chi connectivity index (χ1n) is 6.58. The van der Waals surface area contributed by atoms with E-state index in [1.807, 2.05) is 13.8 Å². The van der Waals surface area contributed by atoms with Gasteiger partial charge in [-0.25, -0.2) is 8.42 Å². The molecule has 0 bridgehead atoms. The summed E-state index contributed by atoms with van der Waals surface area (Å²) in [5.41, 5.74) is 6.65. The predicted molar refractivity (Wildman–Crippen MR) is 80.1 cm³/mol. The highest BCUT2D eigenvalue weighted by Crippen LogP contribution is 2.19. The summed E-state index contributed by atoms with van der Waals surface area (Å²) in [5.74, 6) is -0.538. The van der Waals surface area contributed by atoms with Gasteiger partial charge in [-0.3, -0.25) is 4.79 Å². The molecule has 0 saturated carbocycles. The van der Waals surface area contributed by atoms with Crippen LogP contribution < -0.4 is 11.1 Å². The van der Waals surface area contributed by atoms with Crippen molar-refractivity contribution in [3.05, 3.63) is 23.8 Å². The summed E-state index contributed by atoms with van der Waals surface area (Å²) in [6.45, 7) is 6.24. The Balaban J connectivity index is 2.72. The number of benzene rings is 1. The molecule has 20 heavy (non-hydrogen) atoms. The molecular formula is C14H22N2O3S. The number of carbonyl (C=O) groups is 1. The van der Waals surface area contributed by atoms with Crippen molar-refractivity contribution in [2.45, 2.75) is 32.1 Å². The van der Waals surface area contributed by atoms with Gasteiger partial charge < -0.3 is 11.1 Å². The minimum Gasteiger partial charge on any atom is -0.399 e. The summed E-state index contributed by atoms with van der Waals surface area (Å²) in [4.78, 5) is 11.8. The molecule has 1 aromatic rings. The van der Waals surface area contributed by atoms with Crippen LogP contribution in [0, 0.1) is 12.8 Å². The zero-order valence-electron chi connectivity index (χ0n) is 12.1. The summed E-state index contributed by atoms with van der Waals surface area (Å²) >= 11 is 0. The molecule has 0 atom stereocenters. The lowest BCUT2D eigenvalue weighted by Gasteiger charge is -2.10. The molecule has 0 saturated heterocycles. The third-order valence-electron chi connectivity index (χ3n) is 2.90. The fraction of sp³-hybridized carbons (Fsp3) is 0.500. The lowest BCUT2D eigenvalue weighted by molar-refractivity contribution is -0.118. The van der Waals surface area contributed by atoms with Crippen LogP contribution in [0.4, 0.5) is 5.69 Å². The minimum absolute atomic E-state index is 0.158. The van der Waals surface area contributed by atoms with Crippen LogP contribution in [0.1, 0.15) is 25.8 Å². The van der Waals surface area contributed by atoms with Gasteiger partial charge in [-0.1, -0.05) is 13.8 Å². The average molecular weight is 298 g/mol. The molecule has 0 spiro atoms. The molecule has 3 N–H and O–H groups in total. The van der Waals surface area contributed by atoms with Crippen LogP contribution in [-0.4, -0.2) is 26.6 Å². The number of nitrogen functional groups attached to an aromatic ring is 1. The quantitative estimate of drug-likeness (QED) is 0.779. The highest BCUT2D eigenvalue weighted by Gasteiger charge is 2.21. The van der Waals surface area contributed by atoms with Crippen molar-refractivity contribution < 1.29 is 13.2 Å². The fourth-order valence-corrected chi connectivity index (χ4v) is 3.25. The van der Waals surface area contributed by atoms with Gasteiger partial charge in [0.2, 0.25) is 5.91 Å². The van der Waals surface area contributed by atoms with Gasteiger partial charge in [0.25, 0.3) is 0 Å². The van der Waals surface area contributed by atoms with Crippen LogP contribution in [0.5, 0.6) is 0 Å². The van der Waals surface area contributed by atoms with Crippen LogP contribution in [0.15, 0.2) is 23.1 Å². The highest BCUT2D eigenvalue weighted by molar-refractivity contribution is 7.92. The fourth-order valence-electron chi connectivity index (χ4n) is 1.82. The second kappa shape index (κ2) is 6.74. The lowest BCUT2D eigenvalue weighted by Crippen LogP contribution is -2.31. The standard InChI is InChI=1S/C14H22N2O3S/c1-10(2)6-7-16-14(17)9-20(18,19)13-5-4-12(15)8-11(13)3/h4-5,8,10H,6-7,9,15H2,1-3H3,(H,16,17). The van der Waals surface area contributed by atoms with Gasteiger partial charge in [-0.05, 0) is 43.0 Å². The largest absolute Gasteiger partial charge is 0.399 e. The molecule has 0 fully saturated rings. The summed E-state index contributed by atoms with van der Waals surface area (Å²) in [5, 5.41) is 2.63. The first kappa shape index (κ1) is 16.5. The van der Waals surface area contributed by atoms with Gasteiger partial charge in [0, 0.05) is 12.2 Å². The molecule has 0 aliphatic carbocycles. The predicted octanol–water partition coefficient (Wildman–Crippen LogP) is 1.51. The molecule has 0 unspecified atom stereocenters. The summed E-state index contributed by atoms with van der Waals surface area (Å²) < 4.78 is 24.3. The number of hydrogen-bond donors (Lipinski definition) is 2. The van der Waals surface area contributed by atoms with E-state index in [-0.39, 0.29) is 4.90 Å². The molecule has 0 aliphatic rings. The topological polar surface area (TPSA) is 89.3 Å². The molecular weight excluding hydrogens is 276 g/mol. The molecule has 0 radical (unpaired) electrons. The number of rotatable bonds is 6. The molecule has 0 aromatic heterocycles. The maximum atomic E-state index is 12.2. The molecule has 112 valence electrons. The normalized spacial score (nSPS) is 11.6. The number of amides is 1. The smallest absolute Gasteiger partial charge is 0.235 e. The van der Waals surface area contributed by atoms with E-state index in [1.54, 1.807) is 13.0 Å². The number of carbonyl (C=O) groups excluding carboxylic acids is 1. The number of nitrogens with two attached hydrogens (primary N) is 1. The Hall–Kier alpha value is -1.56. The maximum absolute atomic E-state index is 12.2. The van der Waals surface area contributed by atoms with Crippen LogP contribution in [0.3, 0.4) is 0 Å². The van der Waals surface area contributed by atoms with Crippen molar-refractivity contribution in [2.75, 3.05) is 18.0 Å². The monoisotopic (exact) mass is 298 g/mol. The average Bonchev–Trinajstić information content (AvgIpc) is 2.26. The molecule has 1 aromatic carbocycles. The summed E-state index contributed by atoms with van der Waals surface area (Å²) in [6, 6.07) is 4.56. The second-order valence-corrected chi connectivity index (χ2v) is 7.27. The molecule has 1 rings (SSSR count). The van der Waals surface area contributed by atoms with Crippen LogP contribution in [-0.2, 0) is 14.6 Å². The Morgan fingerprint density at radius 1 is 1.35 bits per heavy atom. The number of aryl methyl sites for hydroxylation is 1. The van der Waals surface area contributed by atoms with E-state index in [0.717, 1.165) is 6.42 Å². The van der Waals surface area contributed by atoms with Crippen molar-refractivity contribution >= 4 is 21.4 Å². The third-order valence-corrected chi connectivity index (χ3v) is 4.67. The van der Waals surface area contributed by atoms with Crippen LogP contribution in [0.2, 0.25) is 0 Å². The molecule has 6 heteroatoms. The van der Waals surface area contributed by atoms with E-state index in [9.17, 15) is 13.2 Å². The van der Waals surface area contributed by atoms with Crippen LogP contribution >= 0.6 is 0 Å². The molecule has 0 heterocycles. The minimum atomic E-state index is -3.63.